The molecule has 0 fully saturated rings. The zero-order valence-electron chi connectivity index (χ0n) is 13.1. The van der Waals surface area contributed by atoms with Crippen LogP contribution in [0.4, 0.5) is 5.69 Å². The van der Waals surface area contributed by atoms with Crippen molar-refractivity contribution in [2.24, 2.45) is 7.05 Å². The number of rotatable bonds is 4. The number of hydrogen-bond acceptors (Lipinski definition) is 4. The molecule has 3 aromatic rings. The summed E-state index contributed by atoms with van der Waals surface area (Å²) in [6, 6.07) is 9.23. The third-order valence-corrected chi connectivity index (χ3v) is 5.86. The van der Waals surface area contributed by atoms with Gasteiger partial charge in [0.1, 0.15) is 10.6 Å². The number of thiophene rings is 1. The van der Waals surface area contributed by atoms with Gasteiger partial charge in [0.15, 0.2) is 0 Å². The topological polar surface area (TPSA) is 64.0 Å². The molecule has 23 heavy (non-hydrogen) atoms. The molecular formula is C16H17N3O2S2. The van der Waals surface area contributed by atoms with Crippen LogP contribution in [-0.2, 0) is 17.1 Å². The van der Waals surface area contributed by atoms with Crippen molar-refractivity contribution in [2.75, 3.05) is 4.72 Å². The quantitative estimate of drug-likeness (QED) is 0.785. The maximum absolute atomic E-state index is 12.8. The first kappa shape index (κ1) is 15.8. The maximum Gasteiger partial charge on any atom is 0.265 e. The summed E-state index contributed by atoms with van der Waals surface area (Å²) in [7, 11) is -1.99. The van der Waals surface area contributed by atoms with Crippen LogP contribution >= 0.6 is 11.3 Å². The Morgan fingerprint density at radius 3 is 2.61 bits per heavy atom. The van der Waals surface area contributed by atoms with Crippen LogP contribution in [0.2, 0.25) is 0 Å². The Morgan fingerprint density at radius 1 is 1.17 bits per heavy atom. The van der Waals surface area contributed by atoms with E-state index in [1.807, 2.05) is 43.5 Å². The van der Waals surface area contributed by atoms with E-state index >= 15 is 0 Å². The van der Waals surface area contributed by atoms with Gasteiger partial charge >= 0.3 is 0 Å². The number of aryl methyl sites for hydroxylation is 3. The highest BCUT2D eigenvalue weighted by Crippen LogP contribution is 2.30. The number of hydrogen-bond donors (Lipinski definition) is 1. The van der Waals surface area contributed by atoms with E-state index in [2.05, 4.69) is 9.82 Å². The van der Waals surface area contributed by atoms with E-state index in [-0.39, 0.29) is 4.90 Å². The lowest BCUT2D eigenvalue weighted by Crippen LogP contribution is -2.13. The van der Waals surface area contributed by atoms with Gasteiger partial charge in [-0.1, -0.05) is 12.1 Å². The fourth-order valence-corrected chi connectivity index (χ4v) is 4.29. The van der Waals surface area contributed by atoms with Gasteiger partial charge in [-0.3, -0.25) is 9.40 Å². The van der Waals surface area contributed by atoms with E-state index in [9.17, 15) is 8.42 Å². The number of benzene rings is 1. The number of aromatic nitrogens is 2. The molecule has 0 bridgehead atoms. The largest absolute Gasteiger partial charge is 0.280 e. The summed E-state index contributed by atoms with van der Waals surface area (Å²) in [5.41, 5.74) is 3.18. The van der Waals surface area contributed by atoms with E-state index in [0.29, 0.717) is 11.4 Å². The van der Waals surface area contributed by atoms with E-state index in [0.717, 1.165) is 16.0 Å². The van der Waals surface area contributed by atoms with Gasteiger partial charge in [-0.05, 0) is 48.6 Å². The Bertz CT molecular complexity index is 942. The molecular weight excluding hydrogens is 330 g/mol. The van der Waals surface area contributed by atoms with E-state index < -0.39 is 10.0 Å². The molecule has 2 aromatic heterocycles. The van der Waals surface area contributed by atoms with Crippen LogP contribution in [0.5, 0.6) is 0 Å². The standard InChI is InChI=1S/C16H17N3O2S2/c1-11-6-7-13(9-12(11)2)18-23(20,21)15-10-19(3)17-16(15)14-5-4-8-22-14/h4-10,18H,1-3H3. The number of nitrogens with zero attached hydrogens (tertiary/aromatic N) is 2. The molecule has 0 saturated heterocycles. The van der Waals surface area contributed by atoms with Crippen LogP contribution in [0.3, 0.4) is 0 Å². The fourth-order valence-electron chi connectivity index (χ4n) is 2.26. The molecule has 7 heteroatoms. The molecule has 0 radical (unpaired) electrons. The van der Waals surface area contributed by atoms with E-state index in [1.54, 1.807) is 13.1 Å². The van der Waals surface area contributed by atoms with Crippen molar-refractivity contribution >= 4 is 27.0 Å². The zero-order chi connectivity index (χ0) is 16.6. The average molecular weight is 347 g/mol. The van der Waals surface area contributed by atoms with Crippen LogP contribution < -0.4 is 4.72 Å². The van der Waals surface area contributed by atoms with Crippen LogP contribution in [0.15, 0.2) is 46.8 Å². The smallest absolute Gasteiger partial charge is 0.265 e. The molecule has 0 atom stereocenters. The lowest BCUT2D eigenvalue weighted by molar-refractivity contribution is 0.601. The van der Waals surface area contributed by atoms with Crippen molar-refractivity contribution in [3.05, 3.63) is 53.0 Å². The normalized spacial score (nSPS) is 11.6. The second-order valence-electron chi connectivity index (χ2n) is 5.40. The van der Waals surface area contributed by atoms with Gasteiger partial charge in [-0.15, -0.1) is 11.3 Å². The Kier molecular flexibility index (Phi) is 3.99. The molecule has 120 valence electrons. The van der Waals surface area contributed by atoms with Crippen molar-refractivity contribution in [3.8, 4) is 10.6 Å². The van der Waals surface area contributed by atoms with Gasteiger partial charge in [-0.2, -0.15) is 5.10 Å². The van der Waals surface area contributed by atoms with Gasteiger partial charge in [0.2, 0.25) is 0 Å². The summed E-state index contributed by atoms with van der Waals surface area (Å²) >= 11 is 1.46. The molecule has 0 spiro atoms. The number of sulfonamides is 1. The van der Waals surface area contributed by atoms with Gasteiger partial charge in [-0.25, -0.2) is 8.42 Å². The first-order chi connectivity index (χ1) is 10.9. The number of nitrogens with one attached hydrogen (secondary N) is 1. The molecule has 3 rings (SSSR count). The highest BCUT2D eigenvalue weighted by atomic mass is 32.2. The van der Waals surface area contributed by atoms with Crippen molar-refractivity contribution in [1.82, 2.24) is 9.78 Å². The summed E-state index contributed by atoms with van der Waals surface area (Å²) in [5, 5.41) is 6.20. The predicted molar refractivity (Wildman–Crippen MR) is 93.2 cm³/mol. The molecule has 5 nitrogen and oxygen atoms in total. The Morgan fingerprint density at radius 2 is 1.96 bits per heavy atom. The third kappa shape index (κ3) is 3.16. The van der Waals surface area contributed by atoms with Crippen LogP contribution in [0, 0.1) is 13.8 Å². The van der Waals surface area contributed by atoms with Gasteiger partial charge in [0, 0.05) is 18.9 Å². The highest BCUT2D eigenvalue weighted by molar-refractivity contribution is 7.92. The van der Waals surface area contributed by atoms with Gasteiger partial charge < -0.3 is 0 Å². The summed E-state index contributed by atoms with van der Waals surface area (Å²) in [5.74, 6) is 0. The van der Waals surface area contributed by atoms with Crippen molar-refractivity contribution in [1.29, 1.82) is 0 Å². The van der Waals surface area contributed by atoms with Crippen LogP contribution in [0.25, 0.3) is 10.6 Å². The second kappa shape index (κ2) is 5.82. The van der Waals surface area contributed by atoms with Gasteiger partial charge in [0.05, 0.1) is 4.88 Å². The van der Waals surface area contributed by atoms with Crippen molar-refractivity contribution < 1.29 is 8.42 Å². The summed E-state index contributed by atoms with van der Waals surface area (Å²) < 4.78 is 29.7. The first-order valence-electron chi connectivity index (χ1n) is 7.04. The average Bonchev–Trinajstić information content (AvgIpc) is 3.11. The Balaban J connectivity index is 2.02. The fraction of sp³-hybridized carbons (Fsp3) is 0.188. The molecule has 0 unspecified atom stereocenters. The van der Waals surface area contributed by atoms with Crippen LogP contribution in [-0.4, -0.2) is 18.2 Å². The first-order valence-corrected chi connectivity index (χ1v) is 9.41. The zero-order valence-corrected chi connectivity index (χ0v) is 14.7. The predicted octanol–water partition coefficient (Wildman–Crippen LogP) is 3.57. The Hall–Kier alpha value is -2.12. The van der Waals surface area contributed by atoms with Crippen molar-refractivity contribution in [2.45, 2.75) is 18.7 Å². The van der Waals surface area contributed by atoms with E-state index in [4.69, 9.17) is 0 Å². The molecule has 1 N–H and O–H groups in total. The molecule has 0 amide bonds. The molecule has 0 aliphatic rings. The third-order valence-electron chi connectivity index (χ3n) is 3.60. The van der Waals surface area contributed by atoms with Crippen molar-refractivity contribution in [3.63, 3.8) is 0 Å². The van der Waals surface area contributed by atoms with E-state index in [1.165, 1.54) is 22.2 Å². The lowest BCUT2D eigenvalue weighted by atomic mass is 10.1. The minimum absolute atomic E-state index is 0.181. The minimum atomic E-state index is -3.71. The van der Waals surface area contributed by atoms with Crippen LogP contribution in [0.1, 0.15) is 11.1 Å². The Labute approximate surface area is 139 Å². The highest BCUT2D eigenvalue weighted by Gasteiger charge is 2.24. The lowest BCUT2D eigenvalue weighted by Gasteiger charge is -2.09. The molecule has 0 aliphatic carbocycles. The molecule has 0 saturated carbocycles. The summed E-state index contributed by atoms with van der Waals surface area (Å²) in [6.45, 7) is 3.94. The maximum atomic E-state index is 12.8. The molecule has 2 heterocycles. The summed E-state index contributed by atoms with van der Waals surface area (Å²) in [6.07, 6.45) is 1.53. The SMILES string of the molecule is Cc1ccc(NS(=O)(=O)c2cn(C)nc2-c2cccs2)cc1C. The molecule has 1 aromatic carbocycles. The minimum Gasteiger partial charge on any atom is -0.280 e. The summed E-state index contributed by atoms with van der Waals surface area (Å²) in [4.78, 5) is 1.01. The number of anilines is 1. The second-order valence-corrected chi connectivity index (χ2v) is 8.00. The van der Waals surface area contributed by atoms with Gasteiger partial charge in [0.25, 0.3) is 10.0 Å². The monoisotopic (exact) mass is 347 g/mol. The molecule has 0 aliphatic heterocycles.